The van der Waals surface area contributed by atoms with Crippen molar-refractivity contribution in [3.8, 4) is 0 Å². The lowest BCUT2D eigenvalue weighted by Crippen LogP contribution is -2.38. The van der Waals surface area contributed by atoms with Gasteiger partial charge in [-0.1, -0.05) is 34.6 Å². The first kappa shape index (κ1) is 15.1. The minimum Gasteiger partial charge on any atom is -0.303 e. The Morgan fingerprint density at radius 3 is 1.93 bits per heavy atom. The van der Waals surface area contributed by atoms with Crippen molar-refractivity contribution in [2.45, 2.75) is 53.1 Å². The Kier molecular flexibility index (Phi) is 5.48. The fraction of sp³-hybridized carbons (Fsp3) is 1.00. The Morgan fingerprint density at radius 2 is 1.73 bits per heavy atom. The van der Waals surface area contributed by atoms with Crippen molar-refractivity contribution in [3.05, 3.63) is 0 Å². The maximum Gasteiger partial charge on any atom is 0.470 e. The first-order valence-corrected chi connectivity index (χ1v) is 6.92. The van der Waals surface area contributed by atoms with Crippen LogP contribution in [-0.4, -0.2) is 15.4 Å². The lowest BCUT2D eigenvalue weighted by atomic mass is 9.81. The third-order valence-electron chi connectivity index (χ3n) is 2.71. The lowest BCUT2D eigenvalue weighted by Gasteiger charge is -2.37. The highest BCUT2D eigenvalue weighted by Gasteiger charge is 2.39. The standard InChI is InChI=1S/C10H23O4P/c1-6-10(9(4)5,7-8(2)3)14-15(11,12)13/h8-9H,6-7H2,1-5H3,(H2,11,12,13). The first-order valence-electron chi connectivity index (χ1n) is 5.39. The second-order valence-corrected chi connectivity index (χ2v) is 5.92. The molecule has 5 heteroatoms. The van der Waals surface area contributed by atoms with Crippen molar-refractivity contribution in [1.82, 2.24) is 0 Å². The van der Waals surface area contributed by atoms with Gasteiger partial charge in [0, 0.05) is 0 Å². The van der Waals surface area contributed by atoms with Crippen LogP contribution in [0.2, 0.25) is 0 Å². The second kappa shape index (κ2) is 5.44. The molecule has 0 saturated heterocycles. The molecule has 15 heavy (non-hydrogen) atoms. The molecule has 4 nitrogen and oxygen atoms in total. The van der Waals surface area contributed by atoms with Crippen molar-refractivity contribution in [3.63, 3.8) is 0 Å². The normalized spacial score (nSPS) is 17.1. The predicted molar refractivity (Wildman–Crippen MR) is 60.4 cm³/mol. The summed E-state index contributed by atoms with van der Waals surface area (Å²) in [5.41, 5.74) is -0.715. The van der Waals surface area contributed by atoms with E-state index in [9.17, 15) is 4.57 Å². The van der Waals surface area contributed by atoms with Gasteiger partial charge in [-0.25, -0.2) is 4.57 Å². The summed E-state index contributed by atoms with van der Waals surface area (Å²) in [6.07, 6.45) is 1.26. The summed E-state index contributed by atoms with van der Waals surface area (Å²) in [5.74, 6) is 0.427. The molecular weight excluding hydrogens is 215 g/mol. The molecule has 92 valence electrons. The van der Waals surface area contributed by atoms with Gasteiger partial charge >= 0.3 is 7.82 Å². The summed E-state index contributed by atoms with van der Waals surface area (Å²) >= 11 is 0. The summed E-state index contributed by atoms with van der Waals surface area (Å²) < 4.78 is 16.0. The van der Waals surface area contributed by atoms with Crippen LogP contribution in [-0.2, 0) is 9.09 Å². The molecule has 0 rings (SSSR count). The van der Waals surface area contributed by atoms with E-state index in [-0.39, 0.29) is 5.92 Å². The fourth-order valence-corrected chi connectivity index (χ4v) is 2.81. The molecule has 0 amide bonds. The molecule has 0 saturated carbocycles. The molecule has 0 aliphatic rings. The van der Waals surface area contributed by atoms with E-state index in [1.54, 1.807) is 0 Å². The van der Waals surface area contributed by atoms with Crippen molar-refractivity contribution >= 4 is 7.82 Å². The van der Waals surface area contributed by atoms with E-state index >= 15 is 0 Å². The summed E-state index contributed by atoms with van der Waals surface area (Å²) in [4.78, 5) is 17.9. The Balaban J connectivity index is 4.90. The van der Waals surface area contributed by atoms with Gasteiger partial charge in [0.05, 0.1) is 5.60 Å². The highest BCUT2D eigenvalue weighted by atomic mass is 31.2. The minimum atomic E-state index is -4.41. The number of rotatable bonds is 6. The monoisotopic (exact) mass is 238 g/mol. The van der Waals surface area contributed by atoms with Gasteiger partial charge in [0.15, 0.2) is 0 Å². The summed E-state index contributed by atoms with van der Waals surface area (Å²) in [5, 5.41) is 0. The molecule has 0 bridgehead atoms. The van der Waals surface area contributed by atoms with Gasteiger partial charge in [0.1, 0.15) is 0 Å². The molecule has 0 aliphatic carbocycles. The van der Waals surface area contributed by atoms with Crippen molar-refractivity contribution in [2.24, 2.45) is 11.8 Å². The maximum absolute atomic E-state index is 11.0. The molecule has 2 N–H and O–H groups in total. The molecule has 1 atom stereocenters. The van der Waals surface area contributed by atoms with Gasteiger partial charge in [-0.3, -0.25) is 4.52 Å². The van der Waals surface area contributed by atoms with Crippen LogP contribution < -0.4 is 0 Å². The van der Waals surface area contributed by atoms with Crippen molar-refractivity contribution < 1.29 is 18.9 Å². The Hall–Kier alpha value is 0.110. The maximum atomic E-state index is 11.0. The van der Waals surface area contributed by atoms with E-state index in [0.29, 0.717) is 18.8 Å². The molecule has 0 fully saturated rings. The average molecular weight is 238 g/mol. The van der Waals surface area contributed by atoms with Gasteiger partial charge in [0.2, 0.25) is 0 Å². The summed E-state index contributed by atoms with van der Waals surface area (Å²) in [6, 6.07) is 0. The SMILES string of the molecule is CCC(CC(C)C)(OP(=O)(O)O)C(C)C. The Labute approximate surface area is 92.3 Å². The quantitative estimate of drug-likeness (QED) is 0.698. The Bertz CT molecular complexity index is 234. The lowest BCUT2D eigenvalue weighted by molar-refractivity contribution is -0.0243. The molecule has 0 aromatic rings. The number of hydrogen-bond donors (Lipinski definition) is 2. The largest absolute Gasteiger partial charge is 0.470 e. The van der Waals surface area contributed by atoms with Crippen LogP contribution in [0.1, 0.15) is 47.5 Å². The van der Waals surface area contributed by atoms with Crippen molar-refractivity contribution in [2.75, 3.05) is 0 Å². The van der Waals surface area contributed by atoms with E-state index in [1.165, 1.54) is 0 Å². The second-order valence-electron chi connectivity index (χ2n) is 4.75. The van der Waals surface area contributed by atoms with Crippen molar-refractivity contribution in [1.29, 1.82) is 0 Å². The predicted octanol–water partition coefficient (Wildman–Crippen LogP) is 2.95. The van der Waals surface area contributed by atoms with Crippen LogP contribution in [0.25, 0.3) is 0 Å². The highest BCUT2D eigenvalue weighted by molar-refractivity contribution is 7.46. The van der Waals surface area contributed by atoms with Gasteiger partial charge < -0.3 is 9.79 Å². The van der Waals surface area contributed by atoms with E-state index in [1.807, 2.05) is 34.6 Å². The summed E-state index contributed by atoms with van der Waals surface area (Å²) in [6.45, 7) is 9.81. The number of phosphoric ester groups is 1. The third kappa shape index (κ3) is 5.12. The highest BCUT2D eigenvalue weighted by Crippen LogP contribution is 2.47. The smallest absolute Gasteiger partial charge is 0.303 e. The molecule has 0 radical (unpaired) electrons. The van der Waals surface area contributed by atoms with Gasteiger partial charge in [-0.2, -0.15) is 0 Å². The van der Waals surface area contributed by atoms with Crippen LogP contribution >= 0.6 is 7.82 Å². The van der Waals surface area contributed by atoms with Crippen LogP contribution in [0.5, 0.6) is 0 Å². The molecule has 0 spiro atoms. The zero-order valence-corrected chi connectivity index (χ0v) is 11.1. The molecule has 0 heterocycles. The first-order chi connectivity index (χ1) is 6.63. The topological polar surface area (TPSA) is 66.8 Å². The molecule has 0 aliphatic heterocycles. The number of phosphoric acid groups is 1. The average Bonchev–Trinajstić information content (AvgIpc) is 1.98. The van der Waals surface area contributed by atoms with E-state index in [4.69, 9.17) is 14.3 Å². The zero-order valence-electron chi connectivity index (χ0n) is 10.2. The number of hydrogen-bond acceptors (Lipinski definition) is 2. The fourth-order valence-electron chi connectivity index (χ4n) is 1.92. The van der Waals surface area contributed by atoms with Gasteiger partial charge in [-0.15, -0.1) is 0 Å². The van der Waals surface area contributed by atoms with E-state index in [0.717, 1.165) is 0 Å². The van der Waals surface area contributed by atoms with Gasteiger partial charge in [-0.05, 0) is 24.7 Å². The third-order valence-corrected chi connectivity index (χ3v) is 3.31. The Morgan fingerprint density at radius 1 is 1.27 bits per heavy atom. The van der Waals surface area contributed by atoms with Crippen LogP contribution in [0, 0.1) is 11.8 Å². The van der Waals surface area contributed by atoms with E-state index < -0.39 is 13.4 Å². The summed E-state index contributed by atoms with van der Waals surface area (Å²) in [7, 11) is -4.41. The van der Waals surface area contributed by atoms with Crippen LogP contribution in [0.15, 0.2) is 0 Å². The van der Waals surface area contributed by atoms with Crippen LogP contribution in [0.3, 0.4) is 0 Å². The zero-order chi connectivity index (χ0) is 12.3. The van der Waals surface area contributed by atoms with Gasteiger partial charge in [0.25, 0.3) is 0 Å². The van der Waals surface area contributed by atoms with E-state index in [2.05, 4.69) is 0 Å². The molecule has 1 unspecified atom stereocenters. The molecule has 0 aromatic carbocycles. The van der Waals surface area contributed by atoms with Crippen LogP contribution in [0.4, 0.5) is 0 Å². The molecular formula is C10H23O4P. The minimum absolute atomic E-state index is 0.0810. The molecule has 0 aromatic heterocycles.